The van der Waals surface area contributed by atoms with Crippen molar-refractivity contribution in [2.45, 2.75) is 20.4 Å². The molecule has 3 N–H and O–H groups in total. The van der Waals surface area contributed by atoms with E-state index in [0.29, 0.717) is 12.3 Å². The Labute approximate surface area is 110 Å². The number of benzene rings is 1. The zero-order chi connectivity index (χ0) is 14.0. The highest BCUT2D eigenvalue weighted by Gasteiger charge is 2.09. The zero-order valence-electron chi connectivity index (χ0n) is 10.7. The molecule has 5 nitrogen and oxygen atoms in total. The first-order valence-electron chi connectivity index (χ1n) is 5.82. The number of hydrogen-bond acceptors (Lipinski definition) is 4. The number of aryl methyl sites for hydroxylation is 1. The van der Waals surface area contributed by atoms with Crippen LogP contribution in [-0.4, -0.2) is 16.2 Å². The van der Waals surface area contributed by atoms with Crippen LogP contribution in [0.5, 0.6) is 5.75 Å². The maximum atomic E-state index is 10.7. The maximum Gasteiger partial charge on any atom is 0.338 e. The highest BCUT2D eigenvalue weighted by molar-refractivity contribution is 5.87. The predicted octanol–water partition coefficient (Wildman–Crippen LogP) is 2.91. The summed E-state index contributed by atoms with van der Waals surface area (Å²) in [6.45, 7) is 4.00. The first-order valence-corrected chi connectivity index (χ1v) is 5.82. The highest BCUT2D eigenvalue weighted by Crippen LogP contribution is 2.28. The molecule has 5 heteroatoms. The van der Waals surface area contributed by atoms with Gasteiger partial charge >= 0.3 is 5.97 Å². The second kappa shape index (κ2) is 5.06. The van der Waals surface area contributed by atoms with Gasteiger partial charge in [0.15, 0.2) is 0 Å². The van der Waals surface area contributed by atoms with E-state index in [1.54, 1.807) is 0 Å². The molecule has 0 atom stereocenters. The van der Waals surface area contributed by atoms with E-state index in [4.69, 9.17) is 9.52 Å². The summed E-state index contributed by atoms with van der Waals surface area (Å²) in [5.41, 5.74) is 2.48. The summed E-state index contributed by atoms with van der Waals surface area (Å²) < 4.78 is 5.14. The van der Waals surface area contributed by atoms with Gasteiger partial charge in [-0.3, -0.25) is 0 Å². The number of nitrogens with one attached hydrogen (secondary N) is 1. The van der Waals surface area contributed by atoms with E-state index in [-0.39, 0.29) is 11.3 Å². The Balaban J connectivity index is 2.10. The largest absolute Gasteiger partial charge is 0.507 e. The molecule has 2 rings (SSSR count). The Morgan fingerprint density at radius 2 is 2.11 bits per heavy atom. The molecule has 0 fully saturated rings. The Hall–Kier alpha value is -2.43. The number of aromatic carboxylic acids is 1. The summed E-state index contributed by atoms with van der Waals surface area (Å²) in [6.07, 6.45) is 1.21. The summed E-state index contributed by atoms with van der Waals surface area (Å²) in [7, 11) is 0. The van der Waals surface area contributed by atoms with E-state index >= 15 is 0 Å². The molecule has 100 valence electrons. The molecule has 1 aromatic heterocycles. The standard InChI is InChI=1S/C14H15NO4/c1-8-3-4-12(9(2)13(8)16)15-6-11-5-10(7-19-11)14(17)18/h3-5,7,15-16H,6H2,1-2H3,(H,17,18). The van der Waals surface area contributed by atoms with Gasteiger partial charge in [0.2, 0.25) is 0 Å². The van der Waals surface area contributed by atoms with Gasteiger partial charge < -0.3 is 19.9 Å². The van der Waals surface area contributed by atoms with Gasteiger partial charge in [0.05, 0.1) is 12.1 Å². The number of carbonyl (C=O) groups is 1. The van der Waals surface area contributed by atoms with Crippen LogP contribution in [0.3, 0.4) is 0 Å². The molecule has 0 saturated heterocycles. The molecule has 0 saturated carbocycles. The van der Waals surface area contributed by atoms with Crippen molar-refractivity contribution in [2.75, 3.05) is 5.32 Å². The third-order valence-electron chi connectivity index (χ3n) is 2.99. The van der Waals surface area contributed by atoms with Crippen LogP contribution in [0.2, 0.25) is 0 Å². The molecule has 0 aliphatic carbocycles. The minimum Gasteiger partial charge on any atom is -0.507 e. The van der Waals surface area contributed by atoms with Crippen molar-refractivity contribution < 1.29 is 19.4 Å². The van der Waals surface area contributed by atoms with Crippen molar-refractivity contribution in [1.29, 1.82) is 0 Å². The SMILES string of the molecule is Cc1ccc(NCc2cc(C(=O)O)co2)c(C)c1O. The number of hydrogen-bond donors (Lipinski definition) is 3. The van der Waals surface area contributed by atoms with E-state index in [9.17, 15) is 9.90 Å². The average molecular weight is 261 g/mol. The van der Waals surface area contributed by atoms with Gasteiger partial charge in [-0.05, 0) is 31.5 Å². The van der Waals surface area contributed by atoms with Gasteiger partial charge in [0, 0.05) is 11.3 Å². The number of carboxylic acid groups (broad SMARTS) is 1. The monoisotopic (exact) mass is 261 g/mol. The molecule has 19 heavy (non-hydrogen) atoms. The fourth-order valence-electron chi connectivity index (χ4n) is 1.79. The number of phenolic OH excluding ortho intramolecular Hbond substituents is 1. The molecular weight excluding hydrogens is 246 g/mol. The van der Waals surface area contributed by atoms with Crippen LogP contribution in [0, 0.1) is 13.8 Å². The lowest BCUT2D eigenvalue weighted by molar-refractivity contribution is 0.0696. The van der Waals surface area contributed by atoms with Crippen molar-refractivity contribution in [3.8, 4) is 5.75 Å². The quantitative estimate of drug-likeness (QED) is 0.788. The molecule has 0 radical (unpaired) electrons. The van der Waals surface area contributed by atoms with Crippen LogP contribution in [0.15, 0.2) is 28.9 Å². The zero-order valence-corrected chi connectivity index (χ0v) is 10.7. The Bertz CT molecular complexity index is 616. The second-order valence-electron chi connectivity index (χ2n) is 4.36. The average Bonchev–Trinajstić information content (AvgIpc) is 2.84. The normalized spacial score (nSPS) is 10.4. The van der Waals surface area contributed by atoms with E-state index in [2.05, 4.69) is 5.32 Å². The van der Waals surface area contributed by atoms with E-state index in [1.807, 2.05) is 26.0 Å². The molecule has 0 amide bonds. The summed E-state index contributed by atoms with van der Waals surface area (Å²) in [4.78, 5) is 10.7. The minimum atomic E-state index is -1.01. The smallest absolute Gasteiger partial charge is 0.338 e. The van der Waals surface area contributed by atoms with Crippen LogP contribution in [0.25, 0.3) is 0 Å². The van der Waals surface area contributed by atoms with E-state index in [1.165, 1.54) is 12.3 Å². The molecule has 0 aliphatic heterocycles. The fraction of sp³-hybridized carbons (Fsp3) is 0.214. The van der Waals surface area contributed by atoms with Crippen LogP contribution in [0.4, 0.5) is 5.69 Å². The Kier molecular flexibility index (Phi) is 3.46. The van der Waals surface area contributed by atoms with Crippen molar-refractivity contribution >= 4 is 11.7 Å². The number of rotatable bonds is 4. The summed E-state index contributed by atoms with van der Waals surface area (Å²) in [5.74, 6) is -0.230. The van der Waals surface area contributed by atoms with Gasteiger partial charge in [0.1, 0.15) is 17.8 Å². The van der Waals surface area contributed by atoms with E-state index < -0.39 is 5.97 Å². The molecular formula is C14H15NO4. The van der Waals surface area contributed by atoms with Gasteiger partial charge in [0.25, 0.3) is 0 Å². The summed E-state index contributed by atoms with van der Waals surface area (Å²) >= 11 is 0. The number of anilines is 1. The van der Waals surface area contributed by atoms with Gasteiger partial charge in [-0.1, -0.05) is 6.07 Å². The lowest BCUT2D eigenvalue weighted by Gasteiger charge is -2.11. The molecule has 1 heterocycles. The Morgan fingerprint density at radius 1 is 1.37 bits per heavy atom. The predicted molar refractivity (Wildman–Crippen MR) is 70.6 cm³/mol. The summed E-state index contributed by atoms with van der Waals surface area (Å²) in [5, 5.41) is 21.7. The van der Waals surface area contributed by atoms with Gasteiger partial charge in [-0.25, -0.2) is 4.79 Å². The number of phenols is 1. The van der Waals surface area contributed by atoms with Crippen molar-refractivity contribution in [2.24, 2.45) is 0 Å². The molecule has 0 aliphatic rings. The Morgan fingerprint density at radius 3 is 2.74 bits per heavy atom. The highest BCUT2D eigenvalue weighted by atomic mass is 16.4. The molecule has 0 bridgehead atoms. The van der Waals surface area contributed by atoms with Crippen LogP contribution < -0.4 is 5.32 Å². The van der Waals surface area contributed by atoms with E-state index in [0.717, 1.165) is 16.8 Å². The van der Waals surface area contributed by atoms with Gasteiger partial charge in [-0.2, -0.15) is 0 Å². The third-order valence-corrected chi connectivity index (χ3v) is 2.99. The third kappa shape index (κ3) is 2.70. The molecule has 0 spiro atoms. The number of carboxylic acids is 1. The fourth-order valence-corrected chi connectivity index (χ4v) is 1.79. The van der Waals surface area contributed by atoms with Crippen LogP contribution in [0.1, 0.15) is 27.2 Å². The first-order chi connectivity index (χ1) is 8.99. The summed E-state index contributed by atoms with van der Waals surface area (Å²) in [6, 6.07) is 5.15. The number of aromatic hydroxyl groups is 1. The topological polar surface area (TPSA) is 82.7 Å². The molecule has 0 unspecified atom stereocenters. The molecule has 2 aromatic rings. The number of furan rings is 1. The van der Waals surface area contributed by atoms with Crippen LogP contribution >= 0.6 is 0 Å². The van der Waals surface area contributed by atoms with Crippen LogP contribution in [-0.2, 0) is 6.54 Å². The lowest BCUT2D eigenvalue weighted by atomic mass is 10.1. The molecule has 1 aromatic carbocycles. The maximum absolute atomic E-state index is 10.7. The first kappa shape index (κ1) is 13.0. The minimum absolute atomic E-state index is 0.125. The second-order valence-corrected chi connectivity index (χ2v) is 4.36. The van der Waals surface area contributed by atoms with Gasteiger partial charge in [-0.15, -0.1) is 0 Å². The lowest BCUT2D eigenvalue weighted by Crippen LogP contribution is -2.01. The van der Waals surface area contributed by atoms with Crippen molar-refractivity contribution in [3.05, 3.63) is 46.9 Å². The van der Waals surface area contributed by atoms with Crippen molar-refractivity contribution in [1.82, 2.24) is 0 Å². The van der Waals surface area contributed by atoms with Crippen molar-refractivity contribution in [3.63, 3.8) is 0 Å².